The molecule has 0 bridgehead atoms. The smallest absolute Gasteiger partial charge is 0.231 e. The van der Waals surface area contributed by atoms with E-state index in [0.29, 0.717) is 6.54 Å². The number of aromatic nitrogens is 2. The van der Waals surface area contributed by atoms with Gasteiger partial charge in [0.05, 0.1) is 18.6 Å². The fourth-order valence-electron chi connectivity index (χ4n) is 5.45. The standard InChI is InChI=1S/C31H31FN4OS/c1-35-20-33-18-25(35)19-36(31(37)29-17-27(29)21-6-3-2-4-7-21)24-13-10-22-8-5-9-30(28(22)16-24)34-38-26-14-11-23(32)12-15-26/h2-4,6-7,10-16,18,20,27,29-30,34H,5,8-9,17,19H2,1H3. The molecule has 3 unspecified atom stereocenters. The summed E-state index contributed by atoms with van der Waals surface area (Å²) < 4.78 is 18.9. The molecule has 194 valence electrons. The van der Waals surface area contributed by atoms with Gasteiger partial charge in [-0.05, 0) is 96.6 Å². The number of imidazole rings is 1. The van der Waals surface area contributed by atoms with Crippen LogP contribution in [0.25, 0.3) is 0 Å². The molecule has 0 radical (unpaired) electrons. The number of anilines is 1. The summed E-state index contributed by atoms with van der Waals surface area (Å²) in [4.78, 5) is 21.2. The molecule has 1 heterocycles. The first-order valence-electron chi connectivity index (χ1n) is 13.2. The van der Waals surface area contributed by atoms with Gasteiger partial charge in [0, 0.05) is 35.8 Å². The van der Waals surface area contributed by atoms with Crippen LogP contribution in [-0.2, 0) is 24.8 Å². The number of hydrogen-bond donors (Lipinski definition) is 1. The highest BCUT2D eigenvalue weighted by molar-refractivity contribution is 7.97. The van der Waals surface area contributed by atoms with Crippen LogP contribution in [0.1, 0.15) is 53.6 Å². The first kappa shape index (κ1) is 24.9. The van der Waals surface area contributed by atoms with E-state index in [9.17, 15) is 9.18 Å². The Balaban J connectivity index is 1.27. The fourth-order valence-corrected chi connectivity index (χ4v) is 6.25. The number of amides is 1. The van der Waals surface area contributed by atoms with E-state index in [1.165, 1.54) is 40.8 Å². The van der Waals surface area contributed by atoms with E-state index in [1.54, 1.807) is 18.5 Å². The van der Waals surface area contributed by atoms with Crippen molar-refractivity contribution in [3.63, 3.8) is 0 Å². The summed E-state index contributed by atoms with van der Waals surface area (Å²) >= 11 is 1.53. The summed E-state index contributed by atoms with van der Waals surface area (Å²) in [5.41, 5.74) is 5.71. The third-order valence-corrected chi connectivity index (χ3v) is 8.64. The van der Waals surface area contributed by atoms with Crippen molar-refractivity contribution in [1.29, 1.82) is 0 Å². The first-order valence-corrected chi connectivity index (χ1v) is 14.0. The Kier molecular flexibility index (Phi) is 7.04. The molecule has 0 aliphatic heterocycles. The van der Waals surface area contributed by atoms with Gasteiger partial charge >= 0.3 is 0 Å². The Morgan fingerprint density at radius 3 is 2.71 bits per heavy atom. The molecule has 6 rings (SSSR count). The van der Waals surface area contributed by atoms with Gasteiger partial charge in [-0.15, -0.1) is 0 Å². The normalized spacial score (nSPS) is 20.1. The van der Waals surface area contributed by atoms with Gasteiger partial charge in [0.2, 0.25) is 5.91 Å². The van der Waals surface area contributed by atoms with Crippen LogP contribution in [0, 0.1) is 11.7 Å². The van der Waals surface area contributed by atoms with Crippen molar-refractivity contribution in [3.8, 4) is 0 Å². The van der Waals surface area contributed by atoms with E-state index >= 15 is 0 Å². The average Bonchev–Trinajstić information content (AvgIpc) is 3.66. The van der Waals surface area contributed by atoms with Gasteiger partial charge in [-0.1, -0.05) is 36.4 Å². The zero-order chi connectivity index (χ0) is 26.1. The van der Waals surface area contributed by atoms with E-state index in [1.807, 2.05) is 40.9 Å². The van der Waals surface area contributed by atoms with Crippen LogP contribution in [0.2, 0.25) is 0 Å². The highest BCUT2D eigenvalue weighted by atomic mass is 32.2. The quantitative estimate of drug-likeness (QED) is 0.264. The number of halogens is 1. The van der Waals surface area contributed by atoms with Crippen molar-refractivity contribution in [2.24, 2.45) is 13.0 Å². The molecule has 1 aromatic heterocycles. The third kappa shape index (κ3) is 5.26. The van der Waals surface area contributed by atoms with E-state index in [4.69, 9.17) is 0 Å². The van der Waals surface area contributed by atoms with Gasteiger partial charge in [-0.3, -0.25) is 9.52 Å². The second kappa shape index (κ2) is 10.8. The lowest BCUT2D eigenvalue weighted by Crippen LogP contribution is -2.33. The lowest BCUT2D eigenvalue weighted by atomic mass is 9.87. The topological polar surface area (TPSA) is 50.2 Å². The molecule has 5 nitrogen and oxygen atoms in total. The highest BCUT2D eigenvalue weighted by Gasteiger charge is 2.46. The fraction of sp³-hybridized carbons (Fsp3) is 0.290. The van der Waals surface area contributed by atoms with Crippen LogP contribution in [0.15, 0.2) is 90.2 Å². The summed E-state index contributed by atoms with van der Waals surface area (Å²) in [5.74, 6) is 0.202. The van der Waals surface area contributed by atoms with E-state index in [2.05, 4.69) is 40.0 Å². The number of benzene rings is 3. The number of carbonyl (C=O) groups excluding carboxylic acids is 1. The summed E-state index contributed by atoms with van der Waals surface area (Å²) in [7, 11) is 1.97. The van der Waals surface area contributed by atoms with E-state index in [-0.39, 0.29) is 29.6 Å². The van der Waals surface area contributed by atoms with E-state index < -0.39 is 0 Å². The summed E-state index contributed by atoms with van der Waals surface area (Å²) in [6.45, 7) is 0.481. The molecule has 3 aromatic carbocycles. The van der Waals surface area contributed by atoms with Gasteiger partial charge in [0.15, 0.2) is 0 Å². The SMILES string of the molecule is Cn1cncc1CN(C(=O)C1CC1c1ccccc1)c1ccc2c(c1)C(NSc1ccc(F)cc1)CCC2. The van der Waals surface area contributed by atoms with Crippen LogP contribution in [-0.4, -0.2) is 15.5 Å². The maximum absolute atomic E-state index is 14.0. The van der Waals surface area contributed by atoms with Gasteiger partial charge in [0.25, 0.3) is 0 Å². The Bertz CT molecular complexity index is 1420. The zero-order valence-electron chi connectivity index (χ0n) is 21.4. The maximum Gasteiger partial charge on any atom is 0.231 e. The third-order valence-electron chi connectivity index (χ3n) is 7.73. The zero-order valence-corrected chi connectivity index (χ0v) is 22.2. The molecule has 1 N–H and O–H groups in total. The van der Waals surface area contributed by atoms with Crippen molar-refractivity contribution < 1.29 is 9.18 Å². The van der Waals surface area contributed by atoms with Crippen LogP contribution in [0.3, 0.4) is 0 Å². The monoisotopic (exact) mass is 526 g/mol. The number of nitrogens with zero attached hydrogens (tertiary/aromatic N) is 3. The van der Waals surface area contributed by atoms with Crippen molar-refractivity contribution in [3.05, 3.63) is 114 Å². The van der Waals surface area contributed by atoms with Crippen LogP contribution in [0.4, 0.5) is 10.1 Å². The number of hydrogen-bond acceptors (Lipinski definition) is 4. The Morgan fingerprint density at radius 1 is 1.13 bits per heavy atom. The molecule has 0 spiro atoms. The van der Waals surface area contributed by atoms with Gasteiger partial charge in [-0.2, -0.15) is 0 Å². The largest absolute Gasteiger partial charge is 0.336 e. The van der Waals surface area contributed by atoms with Gasteiger partial charge in [0.1, 0.15) is 5.82 Å². The Morgan fingerprint density at radius 2 is 1.95 bits per heavy atom. The Hall–Kier alpha value is -3.42. The molecule has 1 saturated carbocycles. The summed E-state index contributed by atoms with van der Waals surface area (Å²) in [6, 6.07) is 23.5. The molecule has 38 heavy (non-hydrogen) atoms. The maximum atomic E-state index is 14.0. The number of carbonyl (C=O) groups is 1. The predicted octanol–water partition coefficient (Wildman–Crippen LogP) is 6.57. The minimum atomic E-state index is -0.231. The predicted molar refractivity (Wildman–Crippen MR) is 149 cm³/mol. The molecule has 1 amide bonds. The van der Waals surface area contributed by atoms with Crippen LogP contribution < -0.4 is 9.62 Å². The first-order chi connectivity index (χ1) is 18.6. The molecule has 0 saturated heterocycles. The lowest BCUT2D eigenvalue weighted by Gasteiger charge is -2.29. The van der Waals surface area contributed by atoms with Crippen molar-refractivity contribution in [1.82, 2.24) is 14.3 Å². The molecular weight excluding hydrogens is 495 g/mol. The second-order valence-corrected chi connectivity index (χ2v) is 11.2. The molecule has 2 aliphatic carbocycles. The summed E-state index contributed by atoms with van der Waals surface area (Å²) in [6.07, 6.45) is 7.65. The molecule has 4 aromatic rings. The molecule has 3 atom stereocenters. The van der Waals surface area contributed by atoms with Gasteiger partial charge < -0.3 is 9.47 Å². The van der Waals surface area contributed by atoms with Crippen molar-refractivity contribution in [2.75, 3.05) is 4.90 Å². The van der Waals surface area contributed by atoms with E-state index in [0.717, 1.165) is 42.0 Å². The lowest BCUT2D eigenvalue weighted by molar-refractivity contribution is -0.120. The van der Waals surface area contributed by atoms with Gasteiger partial charge in [-0.25, -0.2) is 9.37 Å². The van der Waals surface area contributed by atoms with Crippen LogP contribution >= 0.6 is 11.9 Å². The number of fused-ring (bicyclic) bond motifs is 1. The highest BCUT2D eigenvalue weighted by Crippen LogP contribution is 2.49. The Labute approximate surface area is 227 Å². The summed E-state index contributed by atoms with van der Waals surface area (Å²) in [5, 5.41) is 0. The van der Waals surface area contributed by atoms with Crippen molar-refractivity contribution >= 4 is 23.5 Å². The van der Waals surface area contributed by atoms with Crippen molar-refractivity contribution in [2.45, 2.75) is 49.1 Å². The number of nitrogens with one attached hydrogen (secondary N) is 1. The molecular formula is C31H31FN4OS. The minimum absolute atomic E-state index is 0.00962. The minimum Gasteiger partial charge on any atom is -0.336 e. The second-order valence-electron chi connectivity index (χ2n) is 10.3. The van der Waals surface area contributed by atoms with Crippen LogP contribution in [0.5, 0.6) is 0 Å². The number of rotatable bonds is 8. The number of aryl methyl sites for hydroxylation is 2. The average molecular weight is 527 g/mol. The molecule has 1 fully saturated rings. The molecule has 2 aliphatic rings. The molecule has 7 heteroatoms.